The Bertz CT molecular complexity index is 804. The van der Waals surface area contributed by atoms with E-state index in [4.69, 9.17) is 4.74 Å². The molecule has 0 bridgehead atoms. The smallest absolute Gasteiger partial charge is 0.250 e. The van der Waals surface area contributed by atoms with E-state index in [1.54, 1.807) is 0 Å². The Labute approximate surface area is 179 Å². The first-order valence-electron chi connectivity index (χ1n) is 11.0. The lowest BCUT2D eigenvalue weighted by Gasteiger charge is -2.23. The summed E-state index contributed by atoms with van der Waals surface area (Å²) in [5.41, 5.74) is 3.42. The van der Waals surface area contributed by atoms with E-state index < -0.39 is 5.91 Å². The summed E-state index contributed by atoms with van der Waals surface area (Å²) in [4.78, 5) is 12.1. The maximum absolute atomic E-state index is 14.1. The molecule has 4 heteroatoms. The molecule has 160 valence electrons. The number of rotatable bonds is 10. The van der Waals surface area contributed by atoms with E-state index in [9.17, 15) is 9.28 Å². The topological polar surface area (TPSA) is 29.5 Å². The van der Waals surface area contributed by atoms with Crippen molar-refractivity contribution in [3.63, 3.8) is 0 Å². The lowest BCUT2D eigenvalue weighted by Crippen LogP contribution is -2.25. The van der Waals surface area contributed by atoms with Gasteiger partial charge in [-0.3, -0.25) is 4.79 Å². The van der Waals surface area contributed by atoms with Crippen LogP contribution in [0.25, 0.3) is 0 Å². The van der Waals surface area contributed by atoms with Gasteiger partial charge in [0.15, 0.2) is 0 Å². The molecule has 1 unspecified atom stereocenters. The molecule has 1 amide bonds. The zero-order valence-corrected chi connectivity index (χ0v) is 17.7. The van der Waals surface area contributed by atoms with Gasteiger partial charge < -0.3 is 4.74 Å². The number of carbonyl (C=O) groups is 1. The van der Waals surface area contributed by atoms with Crippen molar-refractivity contribution in [3.8, 4) is 5.75 Å². The molecule has 2 aromatic carbocycles. The molecule has 0 aromatic heterocycles. The lowest BCUT2D eigenvalue weighted by molar-refractivity contribution is -0.146. The van der Waals surface area contributed by atoms with E-state index in [2.05, 4.69) is 6.58 Å². The van der Waals surface area contributed by atoms with E-state index in [1.807, 2.05) is 54.6 Å². The predicted molar refractivity (Wildman–Crippen MR) is 119 cm³/mol. The molecule has 0 aliphatic heterocycles. The van der Waals surface area contributed by atoms with Gasteiger partial charge in [0.2, 0.25) is 5.91 Å². The van der Waals surface area contributed by atoms with E-state index in [0.717, 1.165) is 42.6 Å². The quantitative estimate of drug-likeness (QED) is 0.334. The molecule has 1 saturated carbocycles. The number of halogens is 1. The second-order valence-electron chi connectivity index (χ2n) is 8.25. The Morgan fingerprint density at radius 1 is 1.10 bits per heavy atom. The molecule has 1 atom stereocenters. The maximum atomic E-state index is 14.1. The number of amides is 1. The predicted octanol–water partition coefficient (Wildman–Crippen LogP) is 6.44. The average molecular weight is 410 g/mol. The summed E-state index contributed by atoms with van der Waals surface area (Å²) in [6.45, 7) is 4.68. The highest BCUT2D eigenvalue weighted by atomic mass is 19.2. The first kappa shape index (κ1) is 22.1. The summed E-state index contributed by atoms with van der Waals surface area (Å²) in [6.07, 6.45) is 7.12. The number of nitrogens with zero attached hydrogens (tertiary/aromatic N) is 1. The third-order valence-corrected chi connectivity index (χ3v) is 5.76. The number of hydrogen-bond donors (Lipinski definition) is 0. The van der Waals surface area contributed by atoms with Crippen LogP contribution in [-0.4, -0.2) is 17.6 Å². The van der Waals surface area contributed by atoms with Gasteiger partial charge >= 0.3 is 0 Å². The van der Waals surface area contributed by atoms with E-state index in [0.29, 0.717) is 24.1 Å². The molecular weight excluding hydrogens is 377 g/mol. The highest BCUT2D eigenvalue weighted by Gasteiger charge is 2.17. The second-order valence-corrected chi connectivity index (χ2v) is 8.25. The van der Waals surface area contributed by atoms with Gasteiger partial charge in [-0.15, -0.1) is 0 Å². The average Bonchev–Trinajstić information content (AvgIpc) is 2.77. The summed E-state index contributed by atoms with van der Waals surface area (Å²) in [5.74, 6) is 0.989. The van der Waals surface area contributed by atoms with Crippen molar-refractivity contribution in [2.75, 3.05) is 6.54 Å². The van der Waals surface area contributed by atoms with Gasteiger partial charge in [-0.1, -0.05) is 59.1 Å². The van der Waals surface area contributed by atoms with Crippen LogP contribution in [0.3, 0.4) is 0 Å². The van der Waals surface area contributed by atoms with Gasteiger partial charge in [-0.25, -0.2) is 0 Å². The van der Waals surface area contributed by atoms with Crippen LogP contribution in [0.4, 0.5) is 4.48 Å². The minimum atomic E-state index is -0.410. The van der Waals surface area contributed by atoms with Gasteiger partial charge in [0.1, 0.15) is 12.4 Å². The van der Waals surface area contributed by atoms with Crippen LogP contribution >= 0.6 is 0 Å². The summed E-state index contributed by atoms with van der Waals surface area (Å²) in [5, 5.41) is 0.375. The van der Waals surface area contributed by atoms with Crippen LogP contribution in [0.2, 0.25) is 0 Å². The number of allylic oxidation sites excluding steroid dienone is 1. The Morgan fingerprint density at radius 2 is 1.87 bits per heavy atom. The molecule has 0 saturated heterocycles. The standard InChI is InChI=1S/C26H32FNO2/c1-21-7-5-10-23(19-21)11-6-12-26(29)28(27)18-17-22-13-15-25(16-14-22)30-20-24-8-3-2-4-9-24/h2-4,8-9,13-16,23H,1,5-7,10-12,17-20H2. The second kappa shape index (κ2) is 11.5. The fourth-order valence-electron chi connectivity index (χ4n) is 4.01. The van der Waals surface area contributed by atoms with Gasteiger partial charge in [0, 0.05) is 6.42 Å². The minimum absolute atomic E-state index is 0.0866. The van der Waals surface area contributed by atoms with E-state index in [1.165, 1.54) is 18.4 Å². The first-order valence-corrected chi connectivity index (χ1v) is 11.0. The fraction of sp³-hybridized carbons (Fsp3) is 0.423. The van der Waals surface area contributed by atoms with Crippen molar-refractivity contribution >= 4 is 5.91 Å². The molecule has 1 aliphatic rings. The Morgan fingerprint density at radius 3 is 2.60 bits per heavy atom. The highest BCUT2D eigenvalue weighted by molar-refractivity contribution is 5.74. The largest absolute Gasteiger partial charge is 0.489 e. The van der Waals surface area contributed by atoms with Gasteiger partial charge in [0.25, 0.3) is 0 Å². The van der Waals surface area contributed by atoms with Crippen molar-refractivity contribution in [1.82, 2.24) is 5.12 Å². The molecule has 3 rings (SSSR count). The van der Waals surface area contributed by atoms with Gasteiger partial charge in [-0.05, 0) is 74.1 Å². The van der Waals surface area contributed by atoms with Gasteiger partial charge in [0.05, 0.1) is 6.54 Å². The van der Waals surface area contributed by atoms with Crippen molar-refractivity contribution in [2.24, 2.45) is 5.92 Å². The summed E-state index contributed by atoms with van der Waals surface area (Å²) >= 11 is 0. The van der Waals surface area contributed by atoms with Crippen molar-refractivity contribution in [1.29, 1.82) is 0 Å². The number of ether oxygens (including phenoxy) is 1. The molecule has 0 N–H and O–H groups in total. The minimum Gasteiger partial charge on any atom is -0.489 e. The number of hydrogen-bond acceptors (Lipinski definition) is 2. The fourth-order valence-corrected chi connectivity index (χ4v) is 4.01. The summed E-state index contributed by atoms with van der Waals surface area (Å²) in [6, 6.07) is 17.6. The van der Waals surface area contributed by atoms with Crippen molar-refractivity contribution < 1.29 is 14.0 Å². The highest BCUT2D eigenvalue weighted by Crippen LogP contribution is 2.30. The van der Waals surface area contributed by atoms with Crippen LogP contribution in [0, 0.1) is 5.92 Å². The molecule has 30 heavy (non-hydrogen) atoms. The lowest BCUT2D eigenvalue weighted by atomic mass is 9.83. The summed E-state index contributed by atoms with van der Waals surface area (Å²) in [7, 11) is 0. The summed E-state index contributed by atoms with van der Waals surface area (Å²) < 4.78 is 19.9. The van der Waals surface area contributed by atoms with Crippen molar-refractivity contribution in [2.45, 2.75) is 58.0 Å². The molecule has 0 radical (unpaired) electrons. The Kier molecular flexibility index (Phi) is 8.49. The van der Waals surface area contributed by atoms with Crippen molar-refractivity contribution in [3.05, 3.63) is 77.9 Å². The SMILES string of the molecule is C=C1CCCC(CCCC(=O)N(F)CCc2ccc(OCc3ccccc3)cc2)C1. The van der Waals surface area contributed by atoms with Crippen LogP contribution in [-0.2, 0) is 17.8 Å². The Hall–Kier alpha value is -2.62. The van der Waals surface area contributed by atoms with Crippen LogP contribution in [0.1, 0.15) is 56.1 Å². The van der Waals surface area contributed by atoms with Crippen LogP contribution in [0.15, 0.2) is 66.7 Å². The van der Waals surface area contributed by atoms with Gasteiger partial charge in [-0.2, -0.15) is 5.12 Å². The monoisotopic (exact) mass is 409 g/mol. The van der Waals surface area contributed by atoms with E-state index in [-0.39, 0.29) is 13.0 Å². The maximum Gasteiger partial charge on any atom is 0.250 e. The molecule has 0 spiro atoms. The third-order valence-electron chi connectivity index (χ3n) is 5.76. The third kappa shape index (κ3) is 7.33. The van der Waals surface area contributed by atoms with Crippen LogP contribution in [0.5, 0.6) is 5.75 Å². The number of carbonyl (C=O) groups excluding carboxylic acids is 1. The number of benzene rings is 2. The molecule has 2 aromatic rings. The molecule has 0 heterocycles. The normalized spacial score (nSPS) is 16.3. The van der Waals surface area contributed by atoms with Crippen LogP contribution < -0.4 is 4.74 Å². The van der Waals surface area contributed by atoms with E-state index >= 15 is 0 Å². The molecule has 1 aliphatic carbocycles. The molecule has 3 nitrogen and oxygen atoms in total. The molecular formula is C26H32FNO2. The zero-order valence-electron chi connectivity index (χ0n) is 17.7. The molecule has 1 fully saturated rings. The Balaban J connectivity index is 1.33. The first-order chi connectivity index (χ1) is 14.6. The zero-order chi connectivity index (χ0) is 21.2.